The molecule has 1 aliphatic heterocycles. The van der Waals surface area contributed by atoms with Crippen molar-refractivity contribution in [3.8, 4) is 11.6 Å². The van der Waals surface area contributed by atoms with Gasteiger partial charge in [-0.1, -0.05) is 36.4 Å². The lowest BCUT2D eigenvalue weighted by Gasteiger charge is -2.40. The maximum atomic E-state index is 10.4. The number of ether oxygens (including phenoxy) is 2. The molecule has 2 aromatic carbocycles. The summed E-state index contributed by atoms with van der Waals surface area (Å²) in [7, 11) is 0. The highest BCUT2D eigenvalue weighted by atomic mass is 16.5. The fraction of sp³-hybridized carbons (Fsp3) is 0.320. The number of aryl methyl sites for hydroxylation is 1. The van der Waals surface area contributed by atoms with Crippen molar-refractivity contribution in [3.05, 3.63) is 89.1 Å². The smallest absolute Gasteiger partial charge is 0.219 e. The van der Waals surface area contributed by atoms with Crippen LogP contribution in [0.15, 0.2) is 66.9 Å². The molecule has 0 spiro atoms. The second-order valence-electron chi connectivity index (χ2n) is 8.03. The molecule has 1 saturated heterocycles. The molecule has 4 rings (SSSR count). The molecule has 0 amide bonds. The van der Waals surface area contributed by atoms with E-state index in [2.05, 4.69) is 4.98 Å². The summed E-state index contributed by atoms with van der Waals surface area (Å²) in [5.74, 6) is 1.22. The molecule has 0 radical (unpaired) electrons. The Morgan fingerprint density at radius 2 is 1.72 bits per heavy atom. The van der Waals surface area contributed by atoms with E-state index in [-0.39, 0.29) is 0 Å². The van der Waals surface area contributed by atoms with Crippen LogP contribution in [0.25, 0.3) is 0 Å². The number of hydrogen-bond acceptors (Lipinski definition) is 7. The third-order valence-corrected chi connectivity index (χ3v) is 5.77. The predicted molar refractivity (Wildman–Crippen MR) is 117 cm³/mol. The highest BCUT2D eigenvalue weighted by Gasteiger charge is 2.43. The summed E-state index contributed by atoms with van der Waals surface area (Å²) in [5, 5.41) is 40.0. The van der Waals surface area contributed by atoms with Gasteiger partial charge in [0.25, 0.3) is 0 Å². The lowest BCUT2D eigenvalue weighted by molar-refractivity contribution is -0.231. The molecule has 7 heteroatoms. The van der Waals surface area contributed by atoms with Crippen molar-refractivity contribution in [2.75, 3.05) is 6.61 Å². The topological polar surface area (TPSA) is 112 Å². The summed E-state index contributed by atoms with van der Waals surface area (Å²) in [6, 6.07) is 18.9. The monoisotopic (exact) mass is 437 g/mol. The van der Waals surface area contributed by atoms with Gasteiger partial charge in [0.1, 0.15) is 36.3 Å². The van der Waals surface area contributed by atoms with Crippen LogP contribution < -0.4 is 4.74 Å². The van der Waals surface area contributed by atoms with Crippen LogP contribution in [-0.4, -0.2) is 56.4 Å². The first-order valence-electron chi connectivity index (χ1n) is 10.5. The van der Waals surface area contributed by atoms with Crippen molar-refractivity contribution in [3.63, 3.8) is 0 Å². The first kappa shape index (κ1) is 22.4. The van der Waals surface area contributed by atoms with Gasteiger partial charge in [-0.15, -0.1) is 0 Å². The van der Waals surface area contributed by atoms with E-state index in [0.29, 0.717) is 23.6 Å². The van der Waals surface area contributed by atoms with Crippen molar-refractivity contribution < 1.29 is 29.9 Å². The highest BCUT2D eigenvalue weighted by molar-refractivity contribution is 5.39. The molecule has 4 N–H and O–H groups in total. The van der Waals surface area contributed by atoms with Crippen LogP contribution in [-0.2, 0) is 11.2 Å². The van der Waals surface area contributed by atoms with Gasteiger partial charge in [-0.3, -0.25) is 0 Å². The predicted octanol–water partition coefficient (Wildman–Crippen LogP) is 2.29. The molecule has 0 saturated carbocycles. The van der Waals surface area contributed by atoms with E-state index in [0.717, 1.165) is 16.7 Å². The van der Waals surface area contributed by atoms with Crippen LogP contribution >= 0.6 is 0 Å². The van der Waals surface area contributed by atoms with Gasteiger partial charge in [0.15, 0.2) is 0 Å². The Balaban J connectivity index is 1.50. The minimum absolute atomic E-state index is 0.451. The summed E-state index contributed by atoms with van der Waals surface area (Å²) >= 11 is 0. The Morgan fingerprint density at radius 3 is 2.41 bits per heavy atom. The van der Waals surface area contributed by atoms with Crippen LogP contribution in [0.3, 0.4) is 0 Å². The fourth-order valence-corrected chi connectivity index (χ4v) is 3.86. The van der Waals surface area contributed by atoms with Crippen LogP contribution in [0, 0.1) is 6.92 Å². The maximum absolute atomic E-state index is 10.4. The van der Waals surface area contributed by atoms with Crippen LogP contribution in [0.1, 0.15) is 28.4 Å². The molecule has 3 aromatic rings. The van der Waals surface area contributed by atoms with Gasteiger partial charge in [-0.2, -0.15) is 0 Å². The Hall–Kier alpha value is -2.81. The number of aliphatic hydroxyl groups is 4. The first-order valence-corrected chi connectivity index (χ1v) is 10.5. The van der Waals surface area contributed by atoms with Crippen LogP contribution in [0.5, 0.6) is 11.6 Å². The molecule has 5 atom stereocenters. The SMILES string of the molecule is Cc1ccc([C@@H]2O[C@H](CO)[C@@H](O)C(O)[C@H]2O)cc1Cc1ccc(Oc2ccccn2)cc1. The molecule has 1 aromatic heterocycles. The van der Waals surface area contributed by atoms with Gasteiger partial charge in [-0.05, 0) is 53.8 Å². The summed E-state index contributed by atoms with van der Waals surface area (Å²) < 4.78 is 11.4. The number of rotatable bonds is 6. The standard InChI is InChI=1S/C25H27NO6/c1-15-5-8-17(25-24(30)23(29)22(28)20(14-27)32-25)13-18(15)12-16-6-9-19(10-7-16)31-21-4-2-3-11-26-21/h2-11,13,20,22-25,27-30H,12,14H2,1H3/t20-,22-,23?,24-,25+/m1/s1. The van der Waals surface area contributed by atoms with E-state index in [1.54, 1.807) is 12.3 Å². The summed E-state index contributed by atoms with van der Waals surface area (Å²) in [6.45, 7) is 1.55. The number of nitrogens with zero attached hydrogens (tertiary/aromatic N) is 1. The zero-order valence-corrected chi connectivity index (χ0v) is 17.7. The summed E-state index contributed by atoms with van der Waals surface area (Å²) in [6.07, 6.45) is -3.53. The van der Waals surface area contributed by atoms with Crippen LogP contribution in [0.2, 0.25) is 0 Å². The fourth-order valence-electron chi connectivity index (χ4n) is 3.86. The number of aliphatic hydroxyl groups excluding tert-OH is 4. The second-order valence-corrected chi connectivity index (χ2v) is 8.03. The minimum Gasteiger partial charge on any atom is -0.439 e. The summed E-state index contributed by atoms with van der Waals surface area (Å²) in [5.41, 5.74) is 3.87. The molecule has 1 fully saturated rings. The Labute approximate surface area is 186 Å². The molecule has 0 bridgehead atoms. The van der Waals surface area contributed by atoms with Crippen molar-refractivity contribution in [2.24, 2.45) is 0 Å². The van der Waals surface area contributed by atoms with Gasteiger partial charge in [-0.25, -0.2) is 4.98 Å². The zero-order chi connectivity index (χ0) is 22.7. The third kappa shape index (κ3) is 4.82. The third-order valence-electron chi connectivity index (χ3n) is 5.77. The number of pyridine rings is 1. The molecule has 7 nitrogen and oxygen atoms in total. The zero-order valence-electron chi connectivity index (χ0n) is 17.7. The lowest BCUT2D eigenvalue weighted by atomic mass is 9.89. The highest BCUT2D eigenvalue weighted by Crippen LogP contribution is 2.33. The van der Waals surface area contributed by atoms with Gasteiger partial charge < -0.3 is 29.9 Å². The summed E-state index contributed by atoms with van der Waals surface area (Å²) in [4.78, 5) is 4.15. The lowest BCUT2D eigenvalue weighted by Crippen LogP contribution is -2.55. The van der Waals surface area contributed by atoms with E-state index in [4.69, 9.17) is 9.47 Å². The van der Waals surface area contributed by atoms with Gasteiger partial charge in [0, 0.05) is 12.3 Å². The van der Waals surface area contributed by atoms with E-state index >= 15 is 0 Å². The van der Waals surface area contributed by atoms with Crippen molar-refractivity contribution in [1.82, 2.24) is 4.98 Å². The Bertz CT molecular complexity index is 1020. The van der Waals surface area contributed by atoms with Gasteiger partial charge in [0.2, 0.25) is 5.88 Å². The molecular weight excluding hydrogens is 410 g/mol. The Kier molecular flexibility index (Phi) is 6.83. The van der Waals surface area contributed by atoms with Crippen molar-refractivity contribution in [2.45, 2.75) is 43.9 Å². The number of aromatic nitrogens is 1. The second kappa shape index (κ2) is 9.77. The molecule has 1 unspecified atom stereocenters. The molecule has 1 aliphatic rings. The van der Waals surface area contributed by atoms with Crippen molar-refractivity contribution >= 4 is 0 Å². The number of hydrogen-bond donors (Lipinski definition) is 4. The van der Waals surface area contributed by atoms with Crippen molar-refractivity contribution in [1.29, 1.82) is 0 Å². The average molecular weight is 437 g/mol. The largest absolute Gasteiger partial charge is 0.439 e. The molecule has 32 heavy (non-hydrogen) atoms. The van der Waals surface area contributed by atoms with E-state index < -0.39 is 37.1 Å². The maximum Gasteiger partial charge on any atom is 0.219 e. The van der Waals surface area contributed by atoms with E-state index in [9.17, 15) is 20.4 Å². The first-order chi connectivity index (χ1) is 15.5. The van der Waals surface area contributed by atoms with E-state index in [1.165, 1.54) is 0 Å². The molecular formula is C25H27NO6. The van der Waals surface area contributed by atoms with E-state index in [1.807, 2.05) is 61.5 Å². The van der Waals surface area contributed by atoms with Crippen LogP contribution in [0.4, 0.5) is 0 Å². The Morgan fingerprint density at radius 1 is 0.938 bits per heavy atom. The minimum atomic E-state index is -1.40. The molecule has 2 heterocycles. The molecule has 0 aliphatic carbocycles. The molecule has 168 valence electrons. The quantitative estimate of drug-likeness (QED) is 0.468. The van der Waals surface area contributed by atoms with Gasteiger partial charge >= 0.3 is 0 Å². The van der Waals surface area contributed by atoms with Gasteiger partial charge in [0.05, 0.1) is 6.61 Å². The number of benzene rings is 2. The normalized spacial score (nSPS) is 25.5. The average Bonchev–Trinajstić information content (AvgIpc) is 2.81.